The zero-order chi connectivity index (χ0) is 20.3. The van der Waals surface area contributed by atoms with Crippen molar-refractivity contribution < 1.29 is 0 Å². The lowest BCUT2D eigenvalue weighted by molar-refractivity contribution is 1.26. The third kappa shape index (κ3) is 3.45. The average Bonchev–Trinajstić information content (AvgIpc) is 2.80. The normalized spacial score (nSPS) is 10.8. The van der Waals surface area contributed by atoms with Crippen molar-refractivity contribution >= 4 is 33.2 Å². The minimum absolute atomic E-state index is 0.418. The number of nitriles is 1. The van der Waals surface area contributed by atoms with Crippen molar-refractivity contribution in [2.24, 2.45) is 0 Å². The Kier molecular flexibility index (Phi) is 4.55. The van der Waals surface area contributed by atoms with E-state index in [1.807, 2.05) is 67.0 Å². The second-order valence-electron chi connectivity index (χ2n) is 7.16. The first-order chi connectivity index (χ1) is 14.8. The van der Waals surface area contributed by atoms with Crippen LogP contribution in [0.1, 0.15) is 5.56 Å². The summed E-state index contributed by atoms with van der Waals surface area (Å²) in [6.45, 7) is 0. The van der Waals surface area contributed by atoms with Crippen LogP contribution in [-0.4, -0.2) is 9.97 Å². The number of benzene rings is 3. The van der Waals surface area contributed by atoms with Crippen LogP contribution in [0.3, 0.4) is 0 Å². The number of hydrogen-bond donors (Lipinski definition) is 1. The van der Waals surface area contributed by atoms with Gasteiger partial charge in [0, 0.05) is 40.1 Å². The monoisotopic (exact) mass is 386 g/mol. The molecule has 4 nitrogen and oxygen atoms in total. The molecule has 0 amide bonds. The quantitative estimate of drug-likeness (QED) is 0.396. The molecule has 2 heterocycles. The van der Waals surface area contributed by atoms with Gasteiger partial charge in [-0.05, 0) is 53.6 Å². The number of anilines is 2. The van der Waals surface area contributed by atoms with Gasteiger partial charge in [-0.25, -0.2) is 0 Å². The second kappa shape index (κ2) is 7.65. The Morgan fingerprint density at radius 2 is 1.67 bits per heavy atom. The highest BCUT2D eigenvalue weighted by atomic mass is 14.9. The maximum Gasteiger partial charge on any atom is 0.0723 e. The molecule has 1 N–H and O–H groups in total. The second-order valence-corrected chi connectivity index (χ2v) is 7.16. The molecule has 5 aromatic rings. The molecule has 0 atom stereocenters. The third-order valence-electron chi connectivity index (χ3n) is 5.18. The van der Waals surface area contributed by atoms with E-state index in [0.717, 1.165) is 49.9 Å². The first-order valence-corrected chi connectivity index (χ1v) is 9.77. The van der Waals surface area contributed by atoms with Gasteiger partial charge in [-0.2, -0.15) is 5.26 Å². The summed E-state index contributed by atoms with van der Waals surface area (Å²) in [6, 6.07) is 28.7. The lowest BCUT2D eigenvalue weighted by atomic mass is 10.0. The van der Waals surface area contributed by atoms with Gasteiger partial charge in [-0.15, -0.1) is 0 Å². The number of para-hydroxylation sites is 1. The Balaban J connectivity index is 1.54. The SMILES string of the molecule is N#CCc1ccc(Nc2ccnc3ccc(-c4cnc5ccccc5c4)cc23)cc1. The van der Waals surface area contributed by atoms with Gasteiger partial charge in [0.1, 0.15) is 0 Å². The topological polar surface area (TPSA) is 61.6 Å². The maximum atomic E-state index is 8.84. The number of hydrogen-bond acceptors (Lipinski definition) is 4. The molecule has 30 heavy (non-hydrogen) atoms. The Labute approximate surface area is 174 Å². The molecule has 0 saturated carbocycles. The summed E-state index contributed by atoms with van der Waals surface area (Å²) >= 11 is 0. The van der Waals surface area contributed by atoms with Crippen LogP contribution in [0.15, 0.2) is 91.3 Å². The van der Waals surface area contributed by atoms with Crippen molar-refractivity contribution in [2.75, 3.05) is 5.32 Å². The Morgan fingerprint density at radius 3 is 2.53 bits per heavy atom. The van der Waals surface area contributed by atoms with E-state index in [9.17, 15) is 0 Å². The van der Waals surface area contributed by atoms with E-state index in [1.165, 1.54) is 0 Å². The summed E-state index contributed by atoms with van der Waals surface area (Å²) in [5.74, 6) is 0. The number of nitrogens with zero attached hydrogens (tertiary/aromatic N) is 3. The maximum absolute atomic E-state index is 8.84. The van der Waals surface area contributed by atoms with Crippen LogP contribution in [0.2, 0.25) is 0 Å². The minimum Gasteiger partial charge on any atom is -0.355 e. The number of aromatic nitrogens is 2. The number of pyridine rings is 2. The van der Waals surface area contributed by atoms with Crippen LogP contribution in [0.4, 0.5) is 11.4 Å². The van der Waals surface area contributed by atoms with Crippen LogP contribution in [0.25, 0.3) is 32.9 Å². The molecule has 4 heteroatoms. The molecule has 2 aromatic heterocycles. The van der Waals surface area contributed by atoms with Crippen LogP contribution < -0.4 is 5.32 Å². The van der Waals surface area contributed by atoms with Gasteiger partial charge in [0.15, 0.2) is 0 Å². The molecule has 3 aromatic carbocycles. The van der Waals surface area contributed by atoms with E-state index in [4.69, 9.17) is 5.26 Å². The Hall–Kier alpha value is -4.23. The average molecular weight is 386 g/mol. The predicted octanol–water partition coefficient (Wildman–Crippen LogP) is 6.26. The predicted molar refractivity (Wildman–Crippen MR) is 122 cm³/mol. The van der Waals surface area contributed by atoms with Crippen molar-refractivity contribution in [2.45, 2.75) is 6.42 Å². The van der Waals surface area contributed by atoms with Crippen molar-refractivity contribution in [1.29, 1.82) is 5.26 Å². The molecule has 5 rings (SSSR count). The number of rotatable bonds is 4. The van der Waals surface area contributed by atoms with Gasteiger partial charge in [-0.1, -0.05) is 36.4 Å². The molecule has 0 bridgehead atoms. The molecule has 0 radical (unpaired) electrons. The van der Waals surface area contributed by atoms with E-state index in [2.05, 4.69) is 45.6 Å². The molecule has 0 aliphatic rings. The summed E-state index contributed by atoms with van der Waals surface area (Å²) in [7, 11) is 0. The summed E-state index contributed by atoms with van der Waals surface area (Å²) in [5, 5.41) is 14.5. The van der Waals surface area contributed by atoms with E-state index in [0.29, 0.717) is 6.42 Å². The lowest BCUT2D eigenvalue weighted by Crippen LogP contribution is -1.94. The smallest absolute Gasteiger partial charge is 0.0723 e. The van der Waals surface area contributed by atoms with Gasteiger partial charge in [0.2, 0.25) is 0 Å². The molecule has 0 saturated heterocycles. The van der Waals surface area contributed by atoms with Gasteiger partial charge in [-0.3, -0.25) is 9.97 Å². The van der Waals surface area contributed by atoms with Crippen molar-refractivity contribution in [1.82, 2.24) is 9.97 Å². The van der Waals surface area contributed by atoms with Crippen LogP contribution >= 0.6 is 0 Å². The van der Waals surface area contributed by atoms with Crippen LogP contribution in [0.5, 0.6) is 0 Å². The van der Waals surface area contributed by atoms with E-state index < -0.39 is 0 Å². The van der Waals surface area contributed by atoms with Gasteiger partial charge in [0.05, 0.1) is 23.5 Å². The first-order valence-electron chi connectivity index (χ1n) is 9.77. The van der Waals surface area contributed by atoms with E-state index in [-0.39, 0.29) is 0 Å². The molecule has 0 aliphatic heterocycles. The van der Waals surface area contributed by atoms with Gasteiger partial charge in [0.25, 0.3) is 0 Å². The highest BCUT2D eigenvalue weighted by Crippen LogP contribution is 2.30. The Bertz CT molecular complexity index is 1400. The Morgan fingerprint density at radius 1 is 0.800 bits per heavy atom. The molecule has 0 spiro atoms. The van der Waals surface area contributed by atoms with Crippen molar-refractivity contribution in [3.8, 4) is 17.2 Å². The van der Waals surface area contributed by atoms with E-state index >= 15 is 0 Å². The summed E-state index contributed by atoms with van der Waals surface area (Å²) in [6.07, 6.45) is 4.15. The molecular formula is C26H18N4. The highest BCUT2D eigenvalue weighted by molar-refractivity contribution is 5.96. The summed E-state index contributed by atoms with van der Waals surface area (Å²) in [4.78, 5) is 9.11. The van der Waals surface area contributed by atoms with Crippen molar-refractivity contribution in [3.05, 3.63) is 96.8 Å². The zero-order valence-electron chi connectivity index (χ0n) is 16.2. The summed E-state index contributed by atoms with van der Waals surface area (Å²) < 4.78 is 0. The van der Waals surface area contributed by atoms with Gasteiger partial charge < -0.3 is 5.32 Å². The highest BCUT2D eigenvalue weighted by Gasteiger charge is 2.07. The standard InChI is InChI=1S/C26H18N4/c27-13-11-18-5-8-22(9-6-18)30-26-12-14-28-25-10-7-19(16-23(25)26)21-15-20-3-1-2-4-24(20)29-17-21/h1-10,12,14-17H,11H2,(H,28,30). The fourth-order valence-corrected chi connectivity index (χ4v) is 3.62. The van der Waals surface area contributed by atoms with Crippen LogP contribution in [-0.2, 0) is 6.42 Å². The molecule has 142 valence electrons. The fourth-order valence-electron chi connectivity index (χ4n) is 3.62. The molecular weight excluding hydrogens is 368 g/mol. The fraction of sp³-hybridized carbons (Fsp3) is 0.0385. The molecule has 0 aliphatic carbocycles. The zero-order valence-corrected chi connectivity index (χ0v) is 16.2. The lowest BCUT2D eigenvalue weighted by Gasteiger charge is -2.11. The van der Waals surface area contributed by atoms with Gasteiger partial charge >= 0.3 is 0 Å². The van der Waals surface area contributed by atoms with E-state index in [1.54, 1.807) is 0 Å². The third-order valence-corrected chi connectivity index (χ3v) is 5.18. The number of nitrogens with one attached hydrogen (secondary N) is 1. The van der Waals surface area contributed by atoms with Crippen LogP contribution in [0, 0.1) is 11.3 Å². The largest absolute Gasteiger partial charge is 0.355 e. The minimum atomic E-state index is 0.418. The van der Waals surface area contributed by atoms with Crippen molar-refractivity contribution in [3.63, 3.8) is 0 Å². The summed E-state index contributed by atoms with van der Waals surface area (Å²) in [5.41, 5.74) is 7.07. The molecule has 0 unspecified atom stereocenters. The first kappa shape index (κ1) is 17.8. The molecule has 0 fully saturated rings. The number of fused-ring (bicyclic) bond motifs is 2.